The van der Waals surface area contributed by atoms with E-state index in [0.717, 1.165) is 0 Å². The predicted octanol–water partition coefficient (Wildman–Crippen LogP) is 1.18. The third-order valence-electron chi connectivity index (χ3n) is 1.44. The number of rotatable bonds is 2. The van der Waals surface area contributed by atoms with E-state index in [2.05, 4.69) is 0 Å². The lowest BCUT2D eigenvalue weighted by Crippen LogP contribution is -2.42. The van der Waals surface area contributed by atoms with Gasteiger partial charge in [0.15, 0.2) is 6.19 Å². The molecule has 84 valence electrons. The Morgan fingerprint density at radius 2 is 1.93 bits per heavy atom. The van der Waals surface area contributed by atoms with Crippen molar-refractivity contribution >= 4 is 12.1 Å². The third-order valence-corrected chi connectivity index (χ3v) is 1.44. The Bertz CT molecular complexity index is 300. The highest BCUT2D eigenvalue weighted by atomic mass is 16.6. The van der Waals surface area contributed by atoms with Crippen LogP contribution in [0.25, 0.3) is 0 Å². The highest BCUT2D eigenvalue weighted by Crippen LogP contribution is 2.11. The Morgan fingerprint density at radius 3 is 2.20 bits per heavy atom. The Kier molecular flexibility index (Phi) is 4.09. The van der Waals surface area contributed by atoms with Crippen LogP contribution in [0.5, 0.6) is 0 Å². The number of carboxylic acids is 1. The molecule has 0 saturated heterocycles. The number of carbonyl (C=O) groups excluding carboxylic acids is 1. The van der Waals surface area contributed by atoms with Crippen LogP contribution in [0.4, 0.5) is 4.79 Å². The van der Waals surface area contributed by atoms with Crippen molar-refractivity contribution in [1.82, 2.24) is 4.90 Å². The van der Waals surface area contributed by atoms with Gasteiger partial charge in [-0.15, -0.1) is 0 Å². The van der Waals surface area contributed by atoms with Gasteiger partial charge in [0.25, 0.3) is 0 Å². The molecule has 0 fully saturated rings. The molecule has 0 aromatic rings. The summed E-state index contributed by atoms with van der Waals surface area (Å²) in [5.41, 5.74) is -0.760. The van der Waals surface area contributed by atoms with Gasteiger partial charge in [-0.05, 0) is 27.7 Å². The Labute approximate surface area is 88.0 Å². The molecule has 6 heteroatoms. The summed E-state index contributed by atoms with van der Waals surface area (Å²) in [6, 6.07) is -1.23. The summed E-state index contributed by atoms with van der Waals surface area (Å²) < 4.78 is 4.86. The van der Waals surface area contributed by atoms with E-state index >= 15 is 0 Å². The maximum atomic E-state index is 11.4. The predicted molar refractivity (Wildman–Crippen MR) is 50.8 cm³/mol. The van der Waals surface area contributed by atoms with Crippen molar-refractivity contribution < 1.29 is 19.4 Å². The summed E-state index contributed by atoms with van der Waals surface area (Å²) >= 11 is 0. The minimum atomic E-state index is -1.26. The molecule has 0 spiro atoms. The summed E-state index contributed by atoms with van der Waals surface area (Å²) in [6.45, 7) is 6.12. The zero-order valence-corrected chi connectivity index (χ0v) is 9.14. The van der Waals surface area contributed by atoms with Crippen LogP contribution in [0, 0.1) is 11.5 Å². The normalized spacial score (nSPS) is 12.5. The summed E-state index contributed by atoms with van der Waals surface area (Å²) in [4.78, 5) is 22.4. The maximum absolute atomic E-state index is 11.4. The fourth-order valence-corrected chi connectivity index (χ4v) is 0.707. The molecular formula is C9H14N2O4. The van der Waals surface area contributed by atoms with Gasteiger partial charge in [-0.1, -0.05) is 0 Å². The van der Waals surface area contributed by atoms with Gasteiger partial charge >= 0.3 is 12.1 Å². The van der Waals surface area contributed by atoms with Crippen LogP contribution >= 0.6 is 0 Å². The van der Waals surface area contributed by atoms with Gasteiger partial charge in [0.2, 0.25) is 0 Å². The van der Waals surface area contributed by atoms with Crippen molar-refractivity contribution in [3.05, 3.63) is 0 Å². The number of nitriles is 1. The molecule has 0 unspecified atom stereocenters. The molecule has 0 heterocycles. The van der Waals surface area contributed by atoms with Crippen molar-refractivity contribution in [3.63, 3.8) is 0 Å². The van der Waals surface area contributed by atoms with Crippen molar-refractivity contribution in [2.24, 2.45) is 0 Å². The summed E-state index contributed by atoms with van der Waals surface area (Å²) in [6.07, 6.45) is 0.525. The molecule has 1 N–H and O–H groups in total. The third kappa shape index (κ3) is 4.31. The monoisotopic (exact) mass is 214 g/mol. The SMILES string of the molecule is C[C@@H](C(=O)O)N(C#N)C(=O)OC(C)(C)C. The Morgan fingerprint density at radius 1 is 1.47 bits per heavy atom. The molecule has 1 amide bonds. The van der Waals surface area contributed by atoms with Crippen molar-refractivity contribution in [2.75, 3.05) is 0 Å². The largest absolute Gasteiger partial charge is 0.480 e. The molecule has 0 saturated carbocycles. The van der Waals surface area contributed by atoms with Crippen LogP contribution in [0.3, 0.4) is 0 Å². The summed E-state index contributed by atoms with van der Waals surface area (Å²) in [5, 5.41) is 17.3. The molecule has 6 nitrogen and oxygen atoms in total. The lowest BCUT2D eigenvalue weighted by Gasteiger charge is -2.24. The first-order chi connectivity index (χ1) is 6.69. The van der Waals surface area contributed by atoms with Gasteiger partial charge in [-0.2, -0.15) is 10.2 Å². The fourth-order valence-electron chi connectivity index (χ4n) is 0.707. The van der Waals surface area contributed by atoms with Crippen LogP contribution in [-0.2, 0) is 9.53 Å². The quantitative estimate of drug-likeness (QED) is 0.550. The number of amides is 1. The molecule has 1 atom stereocenters. The summed E-state index contributed by atoms with van der Waals surface area (Å²) in [5.74, 6) is -1.26. The molecule has 0 aliphatic heterocycles. The highest BCUT2D eigenvalue weighted by molar-refractivity contribution is 5.80. The van der Waals surface area contributed by atoms with Crippen molar-refractivity contribution in [2.45, 2.75) is 39.3 Å². The van der Waals surface area contributed by atoms with Crippen molar-refractivity contribution in [3.8, 4) is 6.19 Å². The zero-order valence-electron chi connectivity index (χ0n) is 9.14. The number of hydrogen-bond acceptors (Lipinski definition) is 4. The second-order valence-electron chi connectivity index (χ2n) is 3.96. The van der Waals surface area contributed by atoms with E-state index in [1.807, 2.05) is 0 Å². The minimum absolute atomic E-state index is 0.480. The van der Waals surface area contributed by atoms with Gasteiger partial charge in [-0.25, -0.2) is 9.59 Å². The number of ether oxygens (including phenoxy) is 1. The Balaban J connectivity index is 4.65. The fraction of sp³-hybridized carbons (Fsp3) is 0.667. The molecular weight excluding hydrogens is 200 g/mol. The van der Waals surface area contributed by atoms with E-state index in [0.29, 0.717) is 4.90 Å². The molecule has 0 aliphatic rings. The van der Waals surface area contributed by atoms with Gasteiger partial charge in [0.05, 0.1) is 0 Å². The van der Waals surface area contributed by atoms with Crippen molar-refractivity contribution in [1.29, 1.82) is 5.26 Å². The molecule has 15 heavy (non-hydrogen) atoms. The van der Waals surface area contributed by atoms with Crippen LogP contribution in [0.2, 0.25) is 0 Å². The van der Waals surface area contributed by atoms with E-state index in [-0.39, 0.29) is 0 Å². The van der Waals surface area contributed by atoms with E-state index in [1.54, 1.807) is 20.8 Å². The number of aliphatic carboxylic acids is 1. The lowest BCUT2D eigenvalue weighted by molar-refractivity contribution is -0.141. The van der Waals surface area contributed by atoms with Gasteiger partial charge < -0.3 is 9.84 Å². The number of carboxylic acid groups (broad SMARTS) is 1. The van der Waals surface area contributed by atoms with E-state index in [1.165, 1.54) is 13.1 Å². The smallest absolute Gasteiger partial charge is 0.424 e. The lowest BCUT2D eigenvalue weighted by atomic mass is 10.2. The average Bonchev–Trinajstić information content (AvgIpc) is 2.01. The first kappa shape index (κ1) is 13.2. The average molecular weight is 214 g/mol. The number of carbonyl (C=O) groups is 2. The second-order valence-corrected chi connectivity index (χ2v) is 3.96. The van der Waals surface area contributed by atoms with Gasteiger partial charge in [-0.3, -0.25) is 0 Å². The standard InChI is InChI=1S/C9H14N2O4/c1-6(7(12)13)11(5-10)8(14)15-9(2,3)4/h6H,1-4H3,(H,12,13)/t6-/m0/s1. The molecule has 0 bridgehead atoms. The molecule has 0 rings (SSSR count). The first-order valence-electron chi connectivity index (χ1n) is 4.34. The topological polar surface area (TPSA) is 90.6 Å². The molecule has 0 aliphatic carbocycles. The second kappa shape index (κ2) is 4.64. The number of hydrogen-bond donors (Lipinski definition) is 1. The van der Waals surface area contributed by atoms with Gasteiger partial charge in [0.1, 0.15) is 11.6 Å². The van der Waals surface area contributed by atoms with E-state index < -0.39 is 23.7 Å². The minimum Gasteiger partial charge on any atom is -0.480 e. The zero-order chi connectivity index (χ0) is 12.2. The van der Waals surface area contributed by atoms with Gasteiger partial charge in [0, 0.05) is 0 Å². The summed E-state index contributed by atoms with van der Waals surface area (Å²) in [7, 11) is 0. The maximum Gasteiger partial charge on any atom is 0.424 e. The molecule has 0 aromatic heterocycles. The molecule has 0 radical (unpaired) electrons. The molecule has 0 aromatic carbocycles. The van der Waals surface area contributed by atoms with Crippen LogP contribution < -0.4 is 0 Å². The van der Waals surface area contributed by atoms with E-state index in [9.17, 15) is 9.59 Å². The van der Waals surface area contributed by atoms with Crippen LogP contribution in [-0.4, -0.2) is 33.7 Å². The highest BCUT2D eigenvalue weighted by Gasteiger charge is 2.29. The number of nitrogens with zero attached hydrogens (tertiary/aromatic N) is 2. The van der Waals surface area contributed by atoms with Crippen LogP contribution in [0.1, 0.15) is 27.7 Å². The van der Waals surface area contributed by atoms with Crippen LogP contribution in [0.15, 0.2) is 0 Å². The van der Waals surface area contributed by atoms with E-state index in [4.69, 9.17) is 15.1 Å². The Hall–Kier alpha value is -1.77. The first-order valence-corrected chi connectivity index (χ1v) is 4.34.